The summed E-state index contributed by atoms with van der Waals surface area (Å²) in [6, 6.07) is 9.17. The molecular formula is C18H22N2O4. The number of phenols is 1. The highest BCUT2D eigenvalue weighted by molar-refractivity contribution is 5.95. The van der Waals surface area contributed by atoms with Crippen molar-refractivity contribution in [1.29, 1.82) is 0 Å². The van der Waals surface area contributed by atoms with Crippen molar-refractivity contribution >= 4 is 5.91 Å². The monoisotopic (exact) mass is 330 g/mol. The number of rotatable bonds is 6. The van der Waals surface area contributed by atoms with Gasteiger partial charge in [-0.25, -0.2) is 0 Å². The van der Waals surface area contributed by atoms with E-state index in [0.717, 1.165) is 0 Å². The number of H-pyrrole nitrogens is 1. The van der Waals surface area contributed by atoms with Crippen LogP contribution in [-0.2, 0) is 6.42 Å². The Labute approximate surface area is 140 Å². The number of hydrogen-bond donors (Lipinski definition) is 3. The van der Waals surface area contributed by atoms with Crippen LogP contribution in [0.15, 0.2) is 41.2 Å². The van der Waals surface area contributed by atoms with E-state index in [1.807, 2.05) is 13.8 Å². The van der Waals surface area contributed by atoms with E-state index in [4.69, 9.17) is 0 Å². The highest BCUT2D eigenvalue weighted by Gasteiger charge is 2.21. The van der Waals surface area contributed by atoms with Crippen LogP contribution in [0, 0.1) is 0 Å². The molecule has 6 nitrogen and oxygen atoms in total. The summed E-state index contributed by atoms with van der Waals surface area (Å²) in [4.78, 5) is 28.4. The van der Waals surface area contributed by atoms with Gasteiger partial charge in [-0.1, -0.05) is 19.1 Å². The van der Waals surface area contributed by atoms with Crippen LogP contribution in [-0.4, -0.2) is 39.1 Å². The number of benzene rings is 1. The number of carbonyl (C=O) groups excluding carboxylic acids is 1. The average molecular weight is 330 g/mol. The second-order valence-electron chi connectivity index (χ2n) is 5.52. The molecule has 0 spiro atoms. The number of aromatic nitrogens is 1. The number of aliphatic hydroxyl groups excluding tert-OH is 1. The molecule has 6 heteroatoms. The molecule has 0 fully saturated rings. The zero-order valence-corrected chi connectivity index (χ0v) is 13.8. The number of amides is 1. The van der Waals surface area contributed by atoms with Gasteiger partial charge in [-0.3, -0.25) is 9.59 Å². The van der Waals surface area contributed by atoms with Gasteiger partial charge in [0.15, 0.2) is 0 Å². The summed E-state index contributed by atoms with van der Waals surface area (Å²) in [7, 11) is 0. The standard InChI is InChI=1S/C18H22N2O4/c1-3-15-14(8-9-17(23)19-15)18(24)20(4-2)11-16(22)12-6-5-7-13(21)10-12/h5-10,16,21-22H,3-4,11H2,1-2H3,(H,19,23). The first-order valence-electron chi connectivity index (χ1n) is 7.94. The SMILES string of the molecule is CCc1[nH]c(=O)ccc1C(=O)N(CC)CC(O)c1cccc(O)c1. The van der Waals surface area contributed by atoms with Gasteiger partial charge in [0.1, 0.15) is 5.75 Å². The first-order valence-corrected chi connectivity index (χ1v) is 7.94. The van der Waals surface area contributed by atoms with E-state index < -0.39 is 6.10 Å². The average Bonchev–Trinajstić information content (AvgIpc) is 2.58. The molecule has 0 saturated carbocycles. The second kappa shape index (κ2) is 7.79. The van der Waals surface area contributed by atoms with Gasteiger partial charge in [-0.05, 0) is 37.1 Å². The zero-order chi connectivity index (χ0) is 17.7. The molecule has 128 valence electrons. The zero-order valence-electron chi connectivity index (χ0n) is 13.8. The summed E-state index contributed by atoms with van der Waals surface area (Å²) in [5.74, 6) is -0.181. The smallest absolute Gasteiger partial charge is 0.255 e. The first kappa shape index (κ1) is 17.7. The first-order chi connectivity index (χ1) is 11.5. The number of aromatic amines is 1. The lowest BCUT2D eigenvalue weighted by molar-refractivity contribution is 0.0633. The Kier molecular flexibility index (Phi) is 5.76. The lowest BCUT2D eigenvalue weighted by Gasteiger charge is -2.25. The van der Waals surface area contributed by atoms with Crippen molar-refractivity contribution in [3.8, 4) is 5.75 Å². The number of aromatic hydroxyl groups is 1. The van der Waals surface area contributed by atoms with Gasteiger partial charge in [0.05, 0.1) is 18.2 Å². The molecule has 2 rings (SSSR count). The van der Waals surface area contributed by atoms with Gasteiger partial charge >= 0.3 is 0 Å². The van der Waals surface area contributed by atoms with E-state index in [9.17, 15) is 19.8 Å². The van der Waals surface area contributed by atoms with Crippen LogP contribution in [0.3, 0.4) is 0 Å². The van der Waals surface area contributed by atoms with E-state index in [1.165, 1.54) is 29.2 Å². The fourth-order valence-electron chi connectivity index (χ4n) is 2.57. The van der Waals surface area contributed by atoms with Crippen LogP contribution in [0.5, 0.6) is 5.75 Å². The number of hydrogen-bond acceptors (Lipinski definition) is 4. The van der Waals surface area contributed by atoms with E-state index in [-0.39, 0.29) is 23.8 Å². The molecule has 1 atom stereocenters. The van der Waals surface area contributed by atoms with E-state index >= 15 is 0 Å². The van der Waals surface area contributed by atoms with Crippen LogP contribution >= 0.6 is 0 Å². The Morgan fingerprint density at radius 2 is 2.00 bits per heavy atom. The van der Waals surface area contributed by atoms with Gasteiger partial charge in [-0.2, -0.15) is 0 Å². The van der Waals surface area contributed by atoms with E-state index in [1.54, 1.807) is 12.1 Å². The summed E-state index contributed by atoms with van der Waals surface area (Å²) in [6.07, 6.45) is -0.377. The second-order valence-corrected chi connectivity index (χ2v) is 5.52. The molecule has 0 aliphatic carbocycles. The van der Waals surface area contributed by atoms with Gasteiger partial charge < -0.3 is 20.1 Å². The molecule has 0 bridgehead atoms. The third kappa shape index (κ3) is 4.02. The minimum Gasteiger partial charge on any atom is -0.508 e. The Morgan fingerprint density at radius 1 is 1.25 bits per heavy atom. The maximum Gasteiger partial charge on any atom is 0.255 e. The predicted molar refractivity (Wildman–Crippen MR) is 91.1 cm³/mol. The molecule has 2 aromatic rings. The molecule has 1 aromatic carbocycles. The minimum atomic E-state index is -0.908. The van der Waals surface area contributed by atoms with Crippen molar-refractivity contribution < 1.29 is 15.0 Å². The van der Waals surface area contributed by atoms with E-state index in [2.05, 4.69) is 4.98 Å². The highest BCUT2D eigenvalue weighted by Crippen LogP contribution is 2.20. The number of phenolic OH excluding ortho intramolecular Hbond substituents is 1. The van der Waals surface area contributed by atoms with Crippen molar-refractivity contribution in [3.63, 3.8) is 0 Å². The highest BCUT2D eigenvalue weighted by atomic mass is 16.3. The minimum absolute atomic E-state index is 0.0647. The summed E-state index contributed by atoms with van der Waals surface area (Å²) in [5.41, 5.74) is 1.31. The summed E-state index contributed by atoms with van der Waals surface area (Å²) < 4.78 is 0. The number of aliphatic hydroxyl groups is 1. The molecule has 0 saturated heterocycles. The van der Waals surface area contributed by atoms with Crippen molar-refractivity contribution in [2.45, 2.75) is 26.4 Å². The lowest BCUT2D eigenvalue weighted by Crippen LogP contribution is -2.35. The summed E-state index contributed by atoms with van der Waals surface area (Å²) in [5, 5.41) is 19.9. The largest absolute Gasteiger partial charge is 0.508 e. The normalized spacial score (nSPS) is 12.0. The molecule has 1 aromatic heterocycles. The third-order valence-corrected chi connectivity index (χ3v) is 3.90. The number of nitrogens with one attached hydrogen (secondary N) is 1. The van der Waals surface area contributed by atoms with Gasteiger partial charge in [0, 0.05) is 18.3 Å². The number of nitrogens with zero attached hydrogens (tertiary/aromatic N) is 1. The Bertz CT molecular complexity index is 770. The van der Waals surface area contributed by atoms with Crippen LogP contribution in [0.1, 0.15) is 41.6 Å². The number of likely N-dealkylation sites (N-methyl/N-ethyl adjacent to an activating group) is 1. The van der Waals surface area contributed by atoms with Crippen LogP contribution < -0.4 is 5.56 Å². The van der Waals surface area contributed by atoms with Gasteiger partial charge in [0.25, 0.3) is 5.91 Å². The molecule has 0 aliphatic heterocycles. The van der Waals surface area contributed by atoms with Crippen molar-refractivity contribution in [3.05, 3.63) is 63.6 Å². The fraction of sp³-hybridized carbons (Fsp3) is 0.333. The Balaban J connectivity index is 2.22. The molecule has 0 aliphatic rings. The molecule has 0 radical (unpaired) electrons. The maximum absolute atomic E-state index is 12.7. The summed E-state index contributed by atoms with van der Waals surface area (Å²) >= 11 is 0. The molecule has 3 N–H and O–H groups in total. The van der Waals surface area contributed by atoms with Crippen LogP contribution in [0.4, 0.5) is 0 Å². The van der Waals surface area contributed by atoms with Crippen molar-refractivity contribution in [1.82, 2.24) is 9.88 Å². The molecule has 1 heterocycles. The van der Waals surface area contributed by atoms with Gasteiger partial charge in [0.2, 0.25) is 5.56 Å². The summed E-state index contributed by atoms with van der Waals surface area (Å²) in [6.45, 7) is 4.20. The van der Waals surface area contributed by atoms with Gasteiger partial charge in [-0.15, -0.1) is 0 Å². The lowest BCUT2D eigenvalue weighted by atomic mass is 10.1. The predicted octanol–water partition coefficient (Wildman–Crippen LogP) is 1.84. The Hall–Kier alpha value is -2.60. The topological polar surface area (TPSA) is 93.6 Å². The molecule has 1 amide bonds. The molecular weight excluding hydrogens is 308 g/mol. The molecule has 24 heavy (non-hydrogen) atoms. The Morgan fingerprint density at radius 3 is 2.62 bits per heavy atom. The number of pyridine rings is 1. The van der Waals surface area contributed by atoms with Crippen LogP contribution in [0.25, 0.3) is 0 Å². The molecule has 1 unspecified atom stereocenters. The van der Waals surface area contributed by atoms with Crippen LogP contribution in [0.2, 0.25) is 0 Å². The number of aryl methyl sites for hydroxylation is 1. The fourth-order valence-corrected chi connectivity index (χ4v) is 2.57. The third-order valence-electron chi connectivity index (χ3n) is 3.90. The quantitative estimate of drug-likeness (QED) is 0.753. The number of carbonyl (C=O) groups is 1. The maximum atomic E-state index is 12.7. The van der Waals surface area contributed by atoms with Crippen molar-refractivity contribution in [2.24, 2.45) is 0 Å². The van der Waals surface area contributed by atoms with E-state index in [0.29, 0.717) is 29.8 Å². The van der Waals surface area contributed by atoms with Crippen molar-refractivity contribution in [2.75, 3.05) is 13.1 Å².